The molecule has 0 aliphatic carbocycles. The quantitative estimate of drug-likeness (QED) is 0.595. The van der Waals surface area contributed by atoms with E-state index in [1.807, 2.05) is 0 Å². The Morgan fingerprint density at radius 3 is 1.28 bits per heavy atom. The van der Waals surface area contributed by atoms with Crippen LogP contribution in [0.2, 0.25) is 0 Å². The van der Waals surface area contributed by atoms with Gasteiger partial charge in [0.15, 0.2) is 0 Å². The van der Waals surface area contributed by atoms with Gasteiger partial charge in [0.05, 0.1) is 38.6 Å². The first-order valence-corrected chi connectivity index (χ1v) is 7.14. The summed E-state index contributed by atoms with van der Waals surface area (Å²) >= 11 is 0. The van der Waals surface area contributed by atoms with Gasteiger partial charge < -0.3 is 19.7 Å². The second-order valence-electron chi connectivity index (χ2n) is 4.07. The van der Waals surface area contributed by atoms with Crippen LogP contribution in [0, 0.1) is 0 Å². The standard InChI is InChI=1S/C10H22O.C4H10O3/c1-5-9(6-2)11-10(7-3)8-4;5-1-3-7-4-2-6/h9-10H,5-8H2,1-4H3;5-6H,1-4H2. The molecule has 4 nitrogen and oxygen atoms in total. The Labute approximate surface area is 112 Å². The van der Waals surface area contributed by atoms with Crippen LogP contribution in [0.5, 0.6) is 0 Å². The van der Waals surface area contributed by atoms with E-state index in [9.17, 15) is 0 Å². The lowest BCUT2D eigenvalue weighted by Gasteiger charge is -2.20. The minimum absolute atomic E-state index is 0.0278. The second kappa shape index (κ2) is 16.8. The van der Waals surface area contributed by atoms with Crippen LogP contribution in [0.25, 0.3) is 0 Å². The summed E-state index contributed by atoms with van der Waals surface area (Å²) in [6.45, 7) is 9.46. The highest BCUT2D eigenvalue weighted by atomic mass is 16.5. The second-order valence-corrected chi connectivity index (χ2v) is 4.07. The molecule has 112 valence electrons. The number of aliphatic hydroxyl groups is 2. The van der Waals surface area contributed by atoms with Crippen molar-refractivity contribution in [3.63, 3.8) is 0 Å². The maximum atomic E-state index is 8.09. The largest absolute Gasteiger partial charge is 0.394 e. The smallest absolute Gasteiger partial charge is 0.0698 e. The van der Waals surface area contributed by atoms with Crippen molar-refractivity contribution in [3.05, 3.63) is 0 Å². The lowest BCUT2D eigenvalue weighted by molar-refractivity contribution is -0.0188. The molecule has 0 aliphatic rings. The average molecular weight is 264 g/mol. The van der Waals surface area contributed by atoms with E-state index in [1.54, 1.807) is 0 Å². The number of ether oxygens (including phenoxy) is 2. The van der Waals surface area contributed by atoms with Gasteiger partial charge in [0.1, 0.15) is 0 Å². The van der Waals surface area contributed by atoms with Crippen LogP contribution in [0.4, 0.5) is 0 Å². The number of rotatable bonds is 10. The molecule has 18 heavy (non-hydrogen) atoms. The zero-order valence-corrected chi connectivity index (χ0v) is 12.5. The van der Waals surface area contributed by atoms with Gasteiger partial charge in [0.2, 0.25) is 0 Å². The van der Waals surface area contributed by atoms with Crippen molar-refractivity contribution in [1.82, 2.24) is 0 Å². The van der Waals surface area contributed by atoms with Crippen LogP contribution in [0.15, 0.2) is 0 Å². The Morgan fingerprint density at radius 2 is 1.06 bits per heavy atom. The van der Waals surface area contributed by atoms with Gasteiger partial charge in [0.25, 0.3) is 0 Å². The third kappa shape index (κ3) is 13.9. The van der Waals surface area contributed by atoms with Gasteiger partial charge in [-0.3, -0.25) is 0 Å². The Kier molecular flexibility index (Phi) is 18.9. The van der Waals surface area contributed by atoms with Crippen molar-refractivity contribution < 1.29 is 19.7 Å². The third-order valence-corrected chi connectivity index (χ3v) is 2.68. The summed E-state index contributed by atoms with van der Waals surface area (Å²) < 4.78 is 10.5. The highest BCUT2D eigenvalue weighted by Gasteiger charge is 2.09. The van der Waals surface area contributed by atoms with Gasteiger partial charge in [-0.2, -0.15) is 0 Å². The lowest BCUT2D eigenvalue weighted by atomic mass is 10.2. The van der Waals surface area contributed by atoms with Gasteiger partial charge in [-0.15, -0.1) is 0 Å². The molecule has 0 aliphatic heterocycles. The molecule has 0 aromatic carbocycles. The highest BCUT2D eigenvalue weighted by molar-refractivity contribution is 4.58. The van der Waals surface area contributed by atoms with E-state index >= 15 is 0 Å². The Morgan fingerprint density at radius 1 is 0.722 bits per heavy atom. The molecular formula is C14H32O4. The summed E-state index contributed by atoms with van der Waals surface area (Å²) in [4.78, 5) is 0. The van der Waals surface area contributed by atoms with Crippen molar-refractivity contribution in [2.45, 2.75) is 65.6 Å². The minimum atomic E-state index is 0.0278. The van der Waals surface area contributed by atoms with Crippen molar-refractivity contribution in [3.8, 4) is 0 Å². The molecular weight excluding hydrogens is 232 g/mol. The van der Waals surface area contributed by atoms with E-state index in [0.717, 1.165) is 25.7 Å². The van der Waals surface area contributed by atoms with E-state index in [0.29, 0.717) is 25.4 Å². The van der Waals surface area contributed by atoms with Crippen molar-refractivity contribution in [2.24, 2.45) is 0 Å². The molecule has 0 spiro atoms. The lowest BCUT2D eigenvalue weighted by Crippen LogP contribution is -2.19. The predicted octanol–water partition coefficient (Wildman–Crippen LogP) is 2.37. The fraction of sp³-hybridized carbons (Fsp3) is 1.00. The van der Waals surface area contributed by atoms with Crippen LogP contribution in [-0.4, -0.2) is 48.8 Å². The summed E-state index contributed by atoms with van der Waals surface area (Å²) in [5, 5.41) is 16.2. The van der Waals surface area contributed by atoms with E-state index in [-0.39, 0.29) is 13.2 Å². The molecule has 0 bridgehead atoms. The molecule has 0 saturated carbocycles. The topological polar surface area (TPSA) is 58.9 Å². The van der Waals surface area contributed by atoms with Crippen molar-refractivity contribution >= 4 is 0 Å². The summed E-state index contributed by atoms with van der Waals surface area (Å²) in [5.74, 6) is 0. The first-order valence-electron chi connectivity index (χ1n) is 7.14. The molecule has 0 aromatic rings. The number of hydrogen-bond donors (Lipinski definition) is 2. The summed E-state index contributed by atoms with van der Waals surface area (Å²) in [7, 11) is 0. The fourth-order valence-electron chi connectivity index (χ4n) is 1.47. The Bertz CT molecular complexity index is 120. The molecule has 0 unspecified atom stereocenters. The maximum absolute atomic E-state index is 8.09. The van der Waals surface area contributed by atoms with Gasteiger partial charge >= 0.3 is 0 Å². The van der Waals surface area contributed by atoms with E-state index < -0.39 is 0 Å². The van der Waals surface area contributed by atoms with E-state index in [4.69, 9.17) is 14.9 Å². The number of hydrogen-bond acceptors (Lipinski definition) is 4. The number of aliphatic hydroxyl groups excluding tert-OH is 2. The summed E-state index contributed by atoms with van der Waals surface area (Å²) in [6, 6.07) is 0. The molecule has 4 heteroatoms. The van der Waals surface area contributed by atoms with Crippen LogP contribution >= 0.6 is 0 Å². The van der Waals surface area contributed by atoms with Gasteiger partial charge in [-0.25, -0.2) is 0 Å². The maximum Gasteiger partial charge on any atom is 0.0698 e. The fourth-order valence-corrected chi connectivity index (χ4v) is 1.47. The third-order valence-electron chi connectivity index (χ3n) is 2.68. The Balaban J connectivity index is 0. The van der Waals surface area contributed by atoms with Crippen LogP contribution in [-0.2, 0) is 9.47 Å². The molecule has 0 fully saturated rings. The molecule has 2 N–H and O–H groups in total. The van der Waals surface area contributed by atoms with Crippen molar-refractivity contribution in [1.29, 1.82) is 0 Å². The van der Waals surface area contributed by atoms with Gasteiger partial charge in [-0.05, 0) is 25.7 Å². The monoisotopic (exact) mass is 264 g/mol. The van der Waals surface area contributed by atoms with Gasteiger partial charge in [-0.1, -0.05) is 27.7 Å². The highest BCUT2D eigenvalue weighted by Crippen LogP contribution is 2.11. The van der Waals surface area contributed by atoms with E-state index in [2.05, 4.69) is 32.4 Å². The normalized spacial score (nSPS) is 10.7. The predicted molar refractivity (Wildman–Crippen MR) is 74.8 cm³/mol. The molecule has 0 amide bonds. The Hall–Kier alpha value is -0.160. The first-order chi connectivity index (χ1) is 8.69. The summed E-state index contributed by atoms with van der Waals surface area (Å²) in [6.07, 6.45) is 5.56. The molecule has 0 heterocycles. The van der Waals surface area contributed by atoms with Crippen LogP contribution in [0.3, 0.4) is 0 Å². The average Bonchev–Trinajstić information content (AvgIpc) is 2.42. The summed E-state index contributed by atoms with van der Waals surface area (Å²) in [5.41, 5.74) is 0. The SMILES string of the molecule is CCC(CC)OC(CC)CC.OCCOCCO. The van der Waals surface area contributed by atoms with Crippen molar-refractivity contribution in [2.75, 3.05) is 26.4 Å². The minimum Gasteiger partial charge on any atom is -0.394 e. The van der Waals surface area contributed by atoms with Crippen LogP contribution in [0.1, 0.15) is 53.4 Å². The zero-order valence-electron chi connectivity index (χ0n) is 12.5. The van der Waals surface area contributed by atoms with E-state index in [1.165, 1.54) is 0 Å². The zero-order chi connectivity index (χ0) is 14.2. The van der Waals surface area contributed by atoms with Crippen LogP contribution < -0.4 is 0 Å². The molecule has 0 saturated heterocycles. The molecule has 0 atom stereocenters. The molecule has 0 aromatic heterocycles. The molecule has 0 rings (SSSR count). The molecule has 0 radical (unpaired) electrons. The van der Waals surface area contributed by atoms with Gasteiger partial charge in [0, 0.05) is 0 Å². The first kappa shape index (κ1) is 20.2.